The number of nitrogens with zero attached hydrogens (tertiary/aromatic N) is 2. The molecule has 5 rings (SSSR count). The summed E-state index contributed by atoms with van der Waals surface area (Å²) in [4.78, 5) is 0. The minimum Gasteiger partial charge on any atom is -0.497 e. The Kier molecular flexibility index (Phi) is 6.07. The molecule has 1 aliphatic heterocycles. The number of aromatic nitrogens is 2. The molecular weight excluding hydrogens is 436 g/mol. The topological polar surface area (TPSA) is 99.9 Å². The molecule has 0 atom stereocenters. The second-order valence-electron chi connectivity index (χ2n) is 7.52. The van der Waals surface area contributed by atoms with Gasteiger partial charge in [-0.3, -0.25) is 0 Å². The first-order chi connectivity index (χ1) is 16.7. The Morgan fingerprint density at radius 2 is 1.62 bits per heavy atom. The predicted molar refractivity (Wildman–Crippen MR) is 127 cm³/mol. The van der Waals surface area contributed by atoms with E-state index < -0.39 is 0 Å². The summed E-state index contributed by atoms with van der Waals surface area (Å²) in [6.07, 6.45) is 0. The summed E-state index contributed by atoms with van der Waals surface area (Å²) in [6, 6.07) is 19.4. The molecule has 0 radical (unpaired) electrons. The van der Waals surface area contributed by atoms with Gasteiger partial charge in [-0.1, -0.05) is 17.2 Å². The Labute approximate surface area is 196 Å². The fraction of sp³-hybridized carbons (Fsp3) is 0.200. The molecule has 0 amide bonds. The highest BCUT2D eigenvalue weighted by molar-refractivity contribution is 5.73. The number of rotatable bonds is 8. The summed E-state index contributed by atoms with van der Waals surface area (Å²) in [5, 5.41) is 14.9. The minimum absolute atomic E-state index is 0.277. The molecular formula is C25H24N4O5. The second-order valence-corrected chi connectivity index (χ2v) is 7.52. The van der Waals surface area contributed by atoms with Crippen LogP contribution in [0.25, 0.3) is 11.5 Å². The maximum atomic E-state index is 5.90. The Morgan fingerprint density at radius 1 is 0.853 bits per heavy atom. The maximum absolute atomic E-state index is 5.90. The number of ether oxygens (including phenoxy) is 4. The van der Waals surface area contributed by atoms with E-state index in [2.05, 4.69) is 20.8 Å². The Balaban J connectivity index is 1.32. The van der Waals surface area contributed by atoms with Crippen molar-refractivity contribution in [3.05, 3.63) is 66.2 Å². The van der Waals surface area contributed by atoms with Crippen LogP contribution in [-0.4, -0.2) is 37.6 Å². The highest BCUT2D eigenvalue weighted by atomic mass is 16.6. The van der Waals surface area contributed by atoms with E-state index >= 15 is 0 Å². The molecule has 9 nitrogen and oxygen atoms in total. The van der Waals surface area contributed by atoms with E-state index in [-0.39, 0.29) is 6.01 Å². The Bertz CT molecular complexity index is 1270. The van der Waals surface area contributed by atoms with Crippen molar-refractivity contribution in [3.8, 4) is 34.5 Å². The third-order valence-corrected chi connectivity index (χ3v) is 5.27. The van der Waals surface area contributed by atoms with E-state index in [4.69, 9.17) is 23.4 Å². The van der Waals surface area contributed by atoms with Gasteiger partial charge in [0.25, 0.3) is 5.89 Å². The van der Waals surface area contributed by atoms with Gasteiger partial charge in [0, 0.05) is 30.1 Å². The highest BCUT2D eigenvalue weighted by Gasteiger charge is 2.15. The van der Waals surface area contributed by atoms with Crippen molar-refractivity contribution in [2.75, 3.05) is 38.1 Å². The maximum Gasteiger partial charge on any atom is 0.320 e. The van der Waals surface area contributed by atoms with E-state index in [1.54, 1.807) is 14.2 Å². The first kappa shape index (κ1) is 21.4. The van der Waals surface area contributed by atoms with Crippen LogP contribution >= 0.6 is 0 Å². The van der Waals surface area contributed by atoms with Crippen LogP contribution in [0.5, 0.6) is 23.0 Å². The van der Waals surface area contributed by atoms with Crippen LogP contribution in [0, 0.1) is 0 Å². The van der Waals surface area contributed by atoms with E-state index in [0.29, 0.717) is 31.4 Å². The lowest BCUT2D eigenvalue weighted by Crippen LogP contribution is -2.15. The first-order valence-corrected chi connectivity index (χ1v) is 10.8. The van der Waals surface area contributed by atoms with Crippen molar-refractivity contribution in [3.63, 3.8) is 0 Å². The fourth-order valence-electron chi connectivity index (χ4n) is 3.62. The van der Waals surface area contributed by atoms with Crippen LogP contribution in [-0.2, 0) is 6.54 Å². The van der Waals surface area contributed by atoms with Crippen LogP contribution in [0.4, 0.5) is 17.4 Å². The molecule has 0 saturated carbocycles. The summed E-state index contributed by atoms with van der Waals surface area (Å²) >= 11 is 0. The number of methoxy groups -OCH3 is 2. The van der Waals surface area contributed by atoms with Crippen molar-refractivity contribution in [1.82, 2.24) is 10.2 Å². The molecule has 1 aromatic heterocycles. The molecule has 9 heteroatoms. The summed E-state index contributed by atoms with van der Waals surface area (Å²) in [5.41, 5.74) is 3.43. The molecule has 0 unspecified atom stereocenters. The van der Waals surface area contributed by atoms with E-state index in [9.17, 15) is 0 Å². The third kappa shape index (κ3) is 4.68. The van der Waals surface area contributed by atoms with E-state index in [1.165, 1.54) is 0 Å². The number of hydrogen-bond acceptors (Lipinski definition) is 9. The van der Waals surface area contributed by atoms with Gasteiger partial charge in [-0.25, -0.2) is 0 Å². The zero-order valence-corrected chi connectivity index (χ0v) is 18.8. The molecule has 2 heterocycles. The summed E-state index contributed by atoms with van der Waals surface area (Å²) in [6.45, 7) is 1.63. The average molecular weight is 460 g/mol. The Morgan fingerprint density at radius 3 is 2.41 bits per heavy atom. The molecule has 2 N–H and O–H groups in total. The summed E-state index contributed by atoms with van der Waals surface area (Å²) in [7, 11) is 3.26. The monoisotopic (exact) mass is 460 g/mol. The molecule has 3 aromatic carbocycles. The van der Waals surface area contributed by atoms with Gasteiger partial charge in [0.2, 0.25) is 0 Å². The molecule has 4 aromatic rings. The van der Waals surface area contributed by atoms with Crippen LogP contribution in [0.1, 0.15) is 5.56 Å². The van der Waals surface area contributed by atoms with Crippen molar-refractivity contribution >= 4 is 17.4 Å². The lowest BCUT2D eigenvalue weighted by Gasteiger charge is -2.18. The smallest absolute Gasteiger partial charge is 0.320 e. The predicted octanol–water partition coefficient (Wildman–Crippen LogP) is 4.88. The van der Waals surface area contributed by atoms with Gasteiger partial charge in [0.15, 0.2) is 11.5 Å². The zero-order chi connectivity index (χ0) is 23.3. The second kappa shape index (κ2) is 9.62. The quantitative estimate of drug-likeness (QED) is 0.381. The van der Waals surface area contributed by atoms with Crippen molar-refractivity contribution < 1.29 is 23.4 Å². The molecule has 0 fully saturated rings. The van der Waals surface area contributed by atoms with Crippen LogP contribution < -0.4 is 29.6 Å². The van der Waals surface area contributed by atoms with Crippen LogP contribution in [0.2, 0.25) is 0 Å². The van der Waals surface area contributed by atoms with Gasteiger partial charge in [0.1, 0.15) is 24.7 Å². The van der Waals surface area contributed by atoms with E-state index in [0.717, 1.165) is 39.8 Å². The van der Waals surface area contributed by atoms with Crippen molar-refractivity contribution in [2.24, 2.45) is 0 Å². The molecule has 174 valence electrons. The molecule has 0 bridgehead atoms. The summed E-state index contributed by atoms with van der Waals surface area (Å²) < 4.78 is 27.8. The average Bonchev–Trinajstić information content (AvgIpc) is 3.35. The lowest BCUT2D eigenvalue weighted by molar-refractivity contribution is 0.171. The number of fused-ring (bicyclic) bond motifs is 1. The SMILES string of the molecule is COc1cc(CNc2ccccc2-c2nnc(Nc3ccc4c(c3)OCCO4)o2)cc(OC)c1. The van der Waals surface area contributed by atoms with Gasteiger partial charge < -0.3 is 34.0 Å². The van der Waals surface area contributed by atoms with Gasteiger partial charge in [-0.15, -0.1) is 5.10 Å². The highest BCUT2D eigenvalue weighted by Crippen LogP contribution is 2.34. The fourth-order valence-corrected chi connectivity index (χ4v) is 3.62. The van der Waals surface area contributed by atoms with Crippen molar-refractivity contribution in [1.29, 1.82) is 0 Å². The normalized spacial score (nSPS) is 12.2. The molecule has 1 aliphatic rings. The minimum atomic E-state index is 0.277. The third-order valence-electron chi connectivity index (χ3n) is 5.27. The standard InChI is InChI=1S/C25H24N4O5/c1-30-18-11-16(12-19(14-18)31-2)15-26-21-6-4-3-5-20(21)24-28-29-25(34-24)27-17-7-8-22-23(13-17)33-10-9-32-22/h3-8,11-14,26H,9-10,15H2,1-2H3,(H,27,29). The zero-order valence-electron chi connectivity index (χ0n) is 18.8. The van der Waals surface area contributed by atoms with Gasteiger partial charge in [-0.2, -0.15) is 0 Å². The van der Waals surface area contributed by atoms with E-state index in [1.807, 2.05) is 60.7 Å². The number of hydrogen-bond donors (Lipinski definition) is 2. The van der Waals surface area contributed by atoms with Crippen LogP contribution in [0.3, 0.4) is 0 Å². The molecule has 0 aliphatic carbocycles. The number of benzene rings is 3. The largest absolute Gasteiger partial charge is 0.497 e. The van der Waals surface area contributed by atoms with Crippen molar-refractivity contribution in [2.45, 2.75) is 6.54 Å². The Hall–Kier alpha value is -4.40. The summed E-state index contributed by atoms with van der Waals surface area (Å²) in [5.74, 6) is 3.26. The number of nitrogens with one attached hydrogen (secondary N) is 2. The van der Waals surface area contributed by atoms with Crippen LogP contribution in [0.15, 0.2) is 65.1 Å². The van der Waals surface area contributed by atoms with Gasteiger partial charge >= 0.3 is 6.01 Å². The number of anilines is 3. The molecule has 0 saturated heterocycles. The van der Waals surface area contributed by atoms with Gasteiger partial charge in [-0.05, 0) is 42.0 Å². The molecule has 0 spiro atoms. The molecule has 34 heavy (non-hydrogen) atoms. The first-order valence-electron chi connectivity index (χ1n) is 10.8. The number of para-hydroxylation sites is 1. The van der Waals surface area contributed by atoms with Gasteiger partial charge in [0.05, 0.1) is 19.8 Å². The lowest BCUT2D eigenvalue weighted by atomic mass is 10.1.